The third-order valence-electron chi connectivity index (χ3n) is 5.51. The number of non-ortho nitro benzene ring substituents is 1. The van der Waals surface area contributed by atoms with E-state index in [0.717, 1.165) is 17.5 Å². The van der Waals surface area contributed by atoms with Crippen LogP contribution in [0.1, 0.15) is 42.1 Å². The molecule has 3 aromatic carbocycles. The molecule has 2 N–H and O–H groups in total. The Kier molecular flexibility index (Phi) is 6.65. The summed E-state index contributed by atoms with van der Waals surface area (Å²) >= 11 is 5.24. The molecule has 34 heavy (non-hydrogen) atoms. The van der Waals surface area contributed by atoms with E-state index < -0.39 is 10.8 Å². The third-order valence-corrected chi connectivity index (χ3v) is 5.71. The average molecular weight is 475 g/mol. The maximum Gasteiger partial charge on any atom is 0.270 e. The molecule has 0 aliphatic rings. The lowest BCUT2D eigenvalue weighted by atomic mass is 9.98. The highest BCUT2D eigenvalue weighted by Crippen LogP contribution is 2.29. The first-order valence-corrected chi connectivity index (χ1v) is 11.1. The van der Waals surface area contributed by atoms with Crippen LogP contribution in [0.5, 0.6) is 0 Å². The number of thiocarbonyl (C=S) groups is 1. The highest BCUT2D eigenvalue weighted by molar-refractivity contribution is 7.80. The largest absolute Gasteiger partial charge is 0.436 e. The van der Waals surface area contributed by atoms with E-state index in [2.05, 4.69) is 41.6 Å². The molecule has 172 valence electrons. The van der Waals surface area contributed by atoms with Crippen LogP contribution in [0.2, 0.25) is 0 Å². The number of nitro benzene ring substituents is 1. The number of nitro groups is 1. The lowest BCUT2D eigenvalue weighted by molar-refractivity contribution is -0.384. The van der Waals surface area contributed by atoms with Crippen molar-refractivity contribution in [2.45, 2.75) is 26.2 Å². The van der Waals surface area contributed by atoms with Gasteiger partial charge in [-0.3, -0.25) is 20.2 Å². The minimum absolute atomic E-state index is 0.0596. The highest BCUT2D eigenvalue weighted by Gasteiger charge is 2.14. The molecular weight excluding hydrogens is 452 g/mol. The first-order chi connectivity index (χ1) is 16.3. The van der Waals surface area contributed by atoms with Crippen LogP contribution < -0.4 is 10.6 Å². The lowest BCUT2D eigenvalue weighted by Crippen LogP contribution is -2.34. The van der Waals surface area contributed by atoms with Crippen molar-refractivity contribution >= 4 is 45.7 Å². The number of benzene rings is 3. The van der Waals surface area contributed by atoms with Crippen LogP contribution in [0.4, 0.5) is 11.4 Å². The van der Waals surface area contributed by atoms with Crippen LogP contribution in [0.25, 0.3) is 22.6 Å². The first-order valence-electron chi connectivity index (χ1n) is 10.7. The van der Waals surface area contributed by atoms with Crippen molar-refractivity contribution in [1.29, 1.82) is 0 Å². The second kappa shape index (κ2) is 9.80. The molecule has 0 bridgehead atoms. The Bertz CT molecular complexity index is 1400. The molecule has 4 aromatic rings. The van der Waals surface area contributed by atoms with Gasteiger partial charge in [0.2, 0.25) is 5.89 Å². The summed E-state index contributed by atoms with van der Waals surface area (Å²) in [6.07, 6.45) is 1.04. The van der Waals surface area contributed by atoms with Gasteiger partial charge in [0.05, 0.1) is 4.92 Å². The number of aromatic nitrogens is 1. The number of carbonyl (C=O) groups is 1. The fourth-order valence-electron chi connectivity index (χ4n) is 3.44. The van der Waals surface area contributed by atoms with Crippen molar-refractivity contribution in [3.63, 3.8) is 0 Å². The van der Waals surface area contributed by atoms with Gasteiger partial charge in [-0.25, -0.2) is 4.98 Å². The number of nitrogens with one attached hydrogen (secondary N) is 2. The van der Waals surface area contributed by atoms with Crippen molar-refractivity contribution in [1.82, 2.24) is 10.3 Å². The fraction of sp³-hybridized carbons (Fsp3) is 0.160. The van der Waals surface area contributed by atoms with Gasteiger partial charge in [0.25, 0.3) is 11.6 Å². The predicted octanol–water partition coefficient (Wildman–Crippen LogP) is 6.04. The van der Waals surface area contributed by atoms with E-state index in [1.807, 2.05) is 24.3 Å². The molecule has 0 aliphatic heterocycles. The molecule has 9 heteroatoms. The maximum absolute atomic E-state index is 12.4. The SMILES string of the molecule is CC[C@@H](C)c1ccc2oc(-c3cccc(NC(=S)NC(=O)c4cccc([N+](=O)[O-])c4)c3)nc2c1. The van der Waals surface area contributed by atoms with Gasteiger partial charge < -0.3 is 9.73 Å². The Morgan fingerprint density at radius 1 is 1.15 bits per heavy atom. The minimum Gasteiger partial charge on any atom is -0.436 e. The summed E-state index contributed by atoms with van der Waals surface area (Å²) in [5.41, 5.74) is 4.06. The Morgan fingerprint density at radius 3 is 2.71 bits per heavy atom. The van der Waals surface area contributed by atoms with Crippen LogP contribution in [-0.2, 0) is 0 Å². The summed E-state index contributed by atoms with van der Waals surface area (Å²) in [6, 6.07) is 18.8. The molecule has 0 aliphatic carbocycles. The average Bonchev–Trinajstić information content (AvgIpc) is 3.27. The molecule has 0 saturated carbocycles. The Morgan fingerprint density at radius 2 is 1.94 bits per heavy atom. The molecule has 1 aromatic heterocycles. The van der Waals surface area contributed by atoms with Gasteiger partial charge in [-0.1, -0.05) is 32.0 Å². The topological polar surface area (TPSA) is 110 Å². The number of hydrogen-bond donors (Lipinski definition) is 2. The number of carbonyl (C=O) groups excluding carboxylic acids is 1. The third kappa shape index (κ3) is 5.10. The van der Waals surface area contributed by atoms with Gasteiger partial charge in [0.1, 0.15) is 5.52 Å². The van der Waals surface area contributed by atoms with Crippen LogP contribution in [0, 0.1) is 10.1 Å². The second-order valence-electron chi connectivity index (χ2n) is 7.85. The van der Waals surface area contributed by atoms with E-state index in [-0.39, 0.29) is 16.4 Å². The van der Waals surface area contributed by atoms with Gasteiger partial charge in [0, 0.05) is 28.9 Å². The van der Waals surface area contributed by atoms with Gasteiger partial charge in [-0.2, -0.15) is 0 Å². The molecule has 8 nitrogen and oxygen atoms in total. The molecule has 0 unspecified atom stereocenters. The zero-order valence-corrected chi connectivity index (χ0v) is 19.4. The number of fused-ring (bicyclic) bond motifs is 1. The van der Waals surface area contributed by atoms with E-state index in [1.165, 1.54) is 29.8 Å². The molecular formula is C25H22N4O4S. The highest BCUT2D eigenvalue weighted by atomic mass is 32.1. The zero-order valence-electron chi connectivity index (χ0n) is 18.6. The van der Waals surface area contributed by atoms with Crippen molar-refractivity contribution in [3.8, 4) is 11.5 Å². The van der Waals surface area contributed by atoms with Gasteiger partial charge in [-0.05, 0) is 66.5 Å². The van der Waals surface area contributed by atoms with E-state index in [4.69, 9.17) is 16.6 Å². The maximum atomic E-state index is 12.4. The monoisotopic (exact) mass is 474 g/mol. The number of hydrogen-bond acceptors (Lipinski definition) is 6. The molecule has 0 fully saturated rings. The Balaban J connectivity index is 1.48. The van der Waals surface area contributed by atoms with Crippen LogP contribution in [-0.4, -0.2) is 20.9 Å². The summed E-state index contributed by atoms with van der Waals surface area (Å²) in [5.74, 6) is 0.371. The number of rotatable bonds is 6. The zero-order chi connectivity index (χ0) is 24.2. The normalized spacial score (nSPS) is 11.7. The van der Waals surface area contributed by atoms with Crippen LogP contribution >= 0.6 is 12.2 Å². The van der Waals surface area contributed by atoms with Crippen LogP contribution in [0.15, 0.2) is 71.1 Å². The molecule has 1 heterocycles. The van der Waals surface area contributed by atoms with E-state index >= 15 is 0 Å². The molecule has 4 rings (SSSR count). The predicted molar refractivity (Wildman–Crippen MR) is 135 cm³/mol. The minimum atomic E-state index is -0.559. The van der Waals surface area contributed by atoms with E-state index in [0.29, 0.717) is 23.1 Å². The standard InChI is InChI=1S/C25H22N4O4S/c1-3-15(2)16-10-11-22-21(14-16)27-24(33-22)18-7-4-8-19(12-18)26-25(34)28-23(30)17-6-5-9-20(13-17)29(31)32/h4-15H,3H2,1-2H3,(H2,26,28,30,34)/t15-/m1/s1. The van der Waals surface area contributed by atoms with Gasteiger partial charge in [0.15, 0.2) is 10.7 Å². The fourth-order valence-corrected chi connectivity index (χ4v) is 3.65. The van der Waals surface area contributed by atoms with Crippen molar-refractivity contribution < 1.29 is 14.1 Å². The Hall–Kier alpha value is -4.11. The van der Waals surface area contributed by atoms with Gasteiger partial charge >= 0.3 is 0 Å². The number of anilines is 1. The van der Waals surface area contributed by atoms with Crippen molar-refractivity contribution in [2.75, 3.05) is 5.32 Å². The first kappa shape index (κ1) is 23.1. The van der Waals surface area contributed by atoms with Crippen molar-refractivity contribution in [3.05, 3.63) is 88.0 Å². The summed E-state index contributed by atoms with van der Waals surface area (Å²) in [4.78, 5) is 27.4. The molecule has 0 saturated heterocycles. The summed E-state index contributed by atoms with van der Waals surface area (Å²) in [7, 11) is 0. The summed E-state index contributed by atoms with van der Waals surface area (Å²) in [6.45, 7) is 4.33. The summed E-state index contributed by atoms with van der Waals surface area (Å²) < 4.78 is 5.94. The molecule has 0 radical (unpaired) electrons. The lowest BCUT2D eigenvalue weighted by Gasteiger charge is -2.10. The molecule has 1 amide bonds. The van der Waals surface area contributed by atoms with Crippen molar-refractivity contribution in [2.24, 2.45) is 0 Å². The van der Waals surface area contributed by atoms with E-state index in [9.17, 15) is 14.9 Å². The van der Waals surface area contributed by atoms with Gasteiger partial charge in [-0.15, -0.1) is 0 Å². The summed E-state index contributed by atoms with van der Waals surface area (Å²) in [5, 5.41) is 16.5. The smallest absolute Gasteiger partial charge is 0.270 e. The molecule has 1 atom stereocenters. The van der Waals surface area contributed by atoms with Crippen LogP contribution in [0.3, 0.4) is 0 Å². The number of amides is 1. The van der Waals surface area contributed by atoms with E-state index in [1.54, 1.807) is 6.07 Å². The molecule has 0 spiro atoms. The quantitative estimate of drug-likeness (QED) is 0.199. The second-order valence-corrected chi connectivity index (χ2v) is 8.26. The number of oxazole rings is 1. The number of nitrogens with zero attached hydrogens (tertiary/aromatic N) is 2. The Labute approximate surface area is 201 Å².